The molecule has 20 heavy (non-hydrogen) atoms. The lowest BCUT2D eigenvalue weighted by Crippen LogP contribution is -2.33. The molecule has 1 fully saturated rings. The van der Waals surface area contributed by atoms with Crippen LogP contribution < -0.4 is 11.1 Å². The third-order valence-corrected chi connectivity index (χ3v) is 4.31. The summed E-state index contributed by atoms with van der Waals surface area (Å²) in [7, 11) is 0. The summed E-state index contributed by atoms with van der Waals surface area (Å²) in [5, 5.41) is 2.96. The number of carbonyl (C=O) groups is 1. The highest BCUT2D eigenvalue weighted by molar-refractivity contribution is 9.10. The summed E-state index contributed by atoms with van der Waals surface area (Å²) in [6.45, 7) is 4.18. The number of nitrogen functional groups attached to an aromatic ring is 1. The van der Waals surface area contributed by atoms with Crippen LogP contribution in [0.15, 0.2) is 22.7 Å². The Morgan fingerprint density at radius 1 is 1.30 bits per heavy atom. The van der Waals surface area contributed by atoms with Crippen molar-refractivity contribution < 1.29 is 4.79 Å². The standard InChI is InChI=1S/C15H22BrN3O/c16-14-6-5-12(17)11-13(14)15(20)18-7-4-10-19-8-2-1-3-9-19/h5-6,11H,1-4,7-10,17H2,(H,18,20). The van der Waals surface area contributed by atoms with Crippen molar-refractivity contribution in [2.24, 2.45) is 0 Å². The van der Waals surface area contributed by atoms with Crippen molar-refractivity contribution >= 4 is 27.5 Å². The number of amides is 1. The van der Waals surface area contributed by atoms with Gasteiger partial charge in [-0.3, -0.25) is 4.79 Å². The monoisotopic (exact) mass is 339 g/mol. The second-order valence-corrected chi connectivity index (χ2v) is 6.11. The molecule has 0 bridgehead atoms. The maximum absolute atomic E-state index is 12.1. The number of hydrogen-bond acceptors (Lipinski definition) is 3. The molecule has 0 aromatic heterocycles. The molecule has 1 aromatic rings. The summed E-state index contributed by atoms with van der Waals surface area (Å²) >= 11 is 3.38. The normalized spacial score (nSPS) is 16.1. The maximum Gasteiger partial charge on any atom is 0.252 e. The second-order valence-electron chi connectivity index (χ2n) is 5.25. The first-order valence-electron chi connectivity index (χ1n) is 7.22. The van der Waals surface area contributed by atoms with Gasteiger partial charge in [-0.25, -0.2) is 0 Å². The smallest absolute Gasteiger partial charge is 0.252 e. The predicted octanol–water partition coefficient (Wildman–Crippen LogP) is 2.64. The number of anilines is 1. The quantitative estimate of drug-likeness (QED) is 0.640. The second kappa shape index (κ2) is 7.64. The first kappa shape index (κ1) is 15.3. The number of likely N-dealkylation sites (tertiary alicyclic amines) is 1. The van der Waals surface area contributed by atoms with Crippen LogP contribution in [-0.4, -0.2) is 37.0 Å². The Labute approximate surface area is 128 Å². The van der Waals surface area contributed by atoms with E-state index in [1.165, 1.54) is 32.4 Å². The predicted molar refractivity (Wildman–Crippen MR) is 85.8 cm³/mol. The Kier molecular flexibility index (Phi) is 5.86. The van der Waals surface area contributed by atoms with Gasteiger partial charge >= 0.3 is 0 Å². The van der Waals surface area contributed by atoms with Gasteiger partial charge in [0, 0.05) is 16.7 Å². The molecule has 4 nitrogen and oxygen atoms in total. The van der Waals surface area contributed by atoms with Crippen LogP contribution in [0.5, 0.6) is 0 Å². The molecule has 0 unspecified atom stereocenters. The zero-order valence-electron chi connectivity index (χ0n) is 11.7. The first-order valence-corrected chi connectivity index (χ1v) is 8.02. The largest absolute Gasteiger partial charge is 0.399 e. The van der Waals surface area contributed by atoms with Crippen molar-refractivity contribution in [1.29, 1.82) is 0 Å². The molecule has 0 saturated carbocycles. The number of nitrogens with two attached hydrogens (primary N) is 1. The van der Waals surface area contributed by atoms with Crippen molar-refractivity contribution in [1.82, 2.24) is 10.2 Å². The molecule has 1 amide bonds. The zero-order chi connectivity index (χ0) is 14.4. The molecule has 0 atom stereocenters. The molecule has 1 aromatic carbocycles. The Morgan fingerprint density at radius 2 is 2.05 bits per heavy atom. The topological polar surface area (TPSA) is 58.4 Å². The lowest BCUT2D eigenvalue weighted by molar-refractivity contribution is 0.0950. The molecule has 1 heterocycles. The summed E-state index contributed by atoms with van der Waals surface area (Å²) in [5.41, 5.74) is 6.91. The van der Waals surface area contributed by atoms with Gasteiger partial charge in [-0.1, -0.05) is 6.42 Å². The van der Waals surface area contributed by atoms with Crippen molar-refractivity contribution in [3.05, 3.63) is 28.2 Å². The fourth-order valence-electron chi connectivity index (χ4n) is 2.50. The van der Waals surface area contributed by atoms with Crippen molar-refractivity contribution in [3.63, 3.8) is 0 Å². The Morgan fingerprint density at radius 3 is 2.80 bits per heavy atom. The van der Waals surface area contributed by atoms with Crippen LogP contribution in [0.3, 0.4) is 0 Å². The molecule has 1 aliphatic rings. The molecule has 2 rings (SSSR count). The van der Waals surface area contributed by atoms with Gasteiger partial charge in [0.25, 0.3) is 5.91 Å². The van der Waals surface area contributed by atoms with Crippen LogP contribution in [0.25, 0.3) is 0 Å². The van der Waals surface area contributed by atoms with Crippen LogP contribution >= 0.6 is 15.9 Å². The van der Waals surface area contributed by atoms with Gasteiger partial charge in [-0.05, 0) is 73.0 Å². The summed E-state index contributed by atoms with van der Waals surface area (Å²) < 4.78 is 0.778. The molecule has 3 N–H and O–H groups in total. The minimum atomic E-state index is -0.0668. The fourth-order valence-corrected chi connectivity index (χ4v) is 2.93. The van der Waals surface area contributed by atoms with E-state index in [9.17, 15) is 4.79 Å². The fraction of sp³-hybridized carbons (Fsp3) is 0.533. The average Bonchev–Trinajstić information content (AvgIpc) is 2.47. The Hall–Kier alpha value is -1.07. The molecule has 1 saturated heterocycles. The van der Waals surface area contributed by atoms with E-state index in [1.807, 2.05) is 0 Å². The van der Waals surface area contributed by atoms with Gasteiger partial charge in [0.2, 0.25) is 0 Å². The van der Waals surface area contributed by atoms with Gasteiger partial charge in [0.1, 0.15) is 0 Å². The van der Waals surface area contributed by atoms with Gasteiger partial charge in [-0.2, -0.15) is 0 Å². The highest BCUT2D eigenvalue weighted by atomic mass is 79.9. The first-order chi connectivity index (χ1) is 9.66. The average molecular weight is 340 g/mol. The van der Waals surface area contributed by atoms with Crippen molar-refractivity contribution in [2.45, 2.75) is 25.7 Å². The number of nitrogens with one attached hydrogen (secondary N) is 1. The van der Waals surface area contributed by atoms with Crippen LogP contribution in [0.2, 0.25) is 0 Å². The minimum Gasteiger partial charge on any atom is -0.399 e. The van der Waals surface area contributed by atoms with E-state index in [2.05, 4.69) is 26.1 Å². The van der Waals surface area contributed by atoms with Crippen LogP contribution in [-0.2, 0) is 0 Å². The number of benzene rings is 1. The van der Waals surface area contributed by atoms with Gasteiger partial charge < -0.3 is 16.0 Å². The van der Waals surface area contributed by atoms with Crippen LogP contribution in [0, 0.1) is 0 Å². The third-order valence-electron chi connectivity index (χ3n) is 3.62. The molecule has 1 aliphatic heterocycles. The van der Waals surface area contributed by atoms with E-state index in [-0.39, 0.29) is 5.91 Å². The lowest BCUT2D eigenvalue weighted by atomic mass is 10.1. The zero-order valence-corrected chi connectivity index (χ0v) is 13.3. The summed E-state index contributed by atoms with van der Waals surface area (Å²) in [6, 6.07) is 5.28. The molecular formula is C15H22BrN3O. The summed E-state index contributed by atoms with van der Waals surface area (Å²) in [5.74, 6) is -0.0668. The number of hydrogen-bond donors (Lipinski definition) is 2. The van der Waals surface area contributed by atoms with Crippen molar-refractivity contribution in [3.8, 4) is 0 Å². The number of piperidine rings is 1. The number of rotatable bonds is 5. The van der Waals surface area contributed by atoms with E-state index in [1.54, 1.807) is 18.2 Å². The highest BCUT2D eigenvalue weighted by Gasteiger charge is 2.11. The number of nitrogens with zero attached hydrogens (tertiary/aromatic N) is 1. The molecule has 110 valence electrons. The lowest BCUT2D eigenvalue weighted by Gasteiger charge is -2.26. The van der Waals surface area contributed by atoms with Crippen LogP contribution in [0.1, 0.15) is 36.0 Å². The minimum absolute atomic E-state index is 0.0668. The molecule has 0 radical (unpaired) electrons. The Balaban J connectivity index is 1.73. The SMILES string of the molecule is Nc1ccc(Br)c(C(=O)NCCCN2CCCCC2)c1. The third kappa shape index (κ3) is 4.49. The van der Waals surface area contributed by atoms with E-state index >= 15 is 0 Å². The number of carbonyl (C=O) groups excluding carboxylic acids is 1. The van der Waals surface area contributed by atoms with E-state index in [0.717, 1.165) is 17.4 Å². The van der Waals surface area contributed by atoms with Gasteiger partial charge in [0.05, 0.1) is 5.56 Å². The molecular weight excluding hydrogens is 318 g/mol. The summed E-state index contributed by atoms with van der Waals surface area (Å²) in [6.07, 6.45) is 4.97. The van der Waals surface area contributed by atoms with Crippen LogP contribution in [0.4, 0.5) is 5.69 Å². The van der Waals surface area contributed by atoms with E-state index < -0.39 is 0 Å². The molecule has 0 spiro atoms. The van der Waals surface area contributed by atoms with Gasteiger partial charge in [0.15, 0.2) is 0 Å². The maximum atomic E-state index is 12.1. The van der Waals surface area contributed by atoms with Gasteiger partial charge in [-0.15, -0.1) is 0 Å². The number of halogens is 1. The highest BCUT2D eigenvalue weighted by Crippen LogP contribution is 2.19. The van der Waals surface area contributed by atoms with E-state index in [0.29, 0.717) is 17.8 Å². The molecule has 5 heteroatoms. The van der Waals surface area contributed by atoms with E-state index in [4.69, 9.17) is 5.73 Å². The molecule has 0 aliphatic carbocycles. The summed E-state index contributed by atoms with van der Waals surface area (Å²) in [4.78, 5) is 14.5. The van der Waals surface area contributed by atoms with Crippen molar-refractivity contribution in [2.75, 3.05) is 31.9 Å². The Bertz CT molecular complexity index is 458.